The molecule has 1 aliphatic carbocycles. The van der Waals surface area contributed by atoms with Crippen LogP contribution in [-0.4, -0.2) is 11.6 Å². The van der Waals surface area contributed by atoms with Crippen molar-refractivity contribution < 1.29 is 14.0 Å². The van der Waals surface area contributed by atoms with Crippen LogP contribution in [-0.2, 0) is 0 Å². The Bertz CT molecular complexity index is 917. The summed E-state index contributed by atoms with van der Waals surface area (Å²) >= 11 is 0. The van der Waals surface area contributed by atoms with Crippen molar-refractivity contribution >= 4 is 11.6 Å². The van der Waals surface area contributed by atoms with Crippen molar-refractivity contribution in [3.8, 4) is 11.1 Å². The van der Waals surface area contributed by atoms with Gasteiger partial charge in [-0.15, -0.1) is 0 Å². The molecule has 0 saturated heterocycles. The van der Waals surface area contributed by atoms with E-state index in [0.717, 1.165) is 0 Å². The highest BCUT2D eigenvalue weighted by atomic mass is 19.1. The number of halogens is 1. The molecule has 24 heavy (non-hydrogen) atoms. The zero-order valence-electron chi connectivity index (χ0n) is 12.7. The maximum atomic E-state index is 14.3. The molecule has 0 aliphatic heterocycles. The Morgan fingerprint density at radius 2 is 1.00 bits per heavy atom. The summed E-state index contributed by atoms with van der Waals surface area (Å²) in [7, 11) is 0. The van der Waals surface area contributed by atoms with Gasteiger partial charge in [0.2, 0.25) is 0 Å². The van der Waals surface area contributed by atoms with Crippen molar-refractivity contribution in [2.45, 2.75) is 5.92 Å². The van der Waals surface area contributed by atoms with Crippen LogP contribution < -0.4 is 0 Å². The maximum Gasteiger partial charge on any atom is 0.178 e. The predicted molar refractivity (Wildman–Crippen MR) is 89.7 cm³/mol. The highest BCUT2D eigenvalue weighted by molar-refractivity contribution is 6.26. The van der Waals surface area contributed by atoms with E-state index >= 15 is 0 Å². The summed E-state index contributed by atoms with van der Waals surface area (Å²) < 4.78 is 14.3. The molecule has 2 nitrogen and oxygen atoms in total. The zero-order valence-corrected chi connectivity index (χ0v) is 12.7. The number of benzene rings is 3. The fraction of sp³-hybridized carbons (Fsp3) is 0.0476. The SMILES string of the molecule is O=C1c2ccccc2-c2ccccc2C(=O)C1c1ccccc1F. The number of fused-ring (bicyclic) bond motifs is 3. The molecule has 0 saturated carbocycles. The van der Waals surface area contributed by atoms with Gasteiger partial charge in [-0.2, -0.15) is 0 Å². The Kier molecular flexibility index (Phi) is 3.35. The minimum Gasteiger partial charge on any atom is -0.293 e. The lowest BCUT2D eigenvalue weighted by Gasteiger charge is -2.14. The molecule has 0 aromatic heterocycles. The zero-order chi connectivity index (χ0) is 16.7. The molecule has 0 heterocycles. The number of hydrogen-bond acceptors (Lipinski definition) is 2. The molecule has 0 atom stereocenters. The Balaban J connectivity index is 2.04. The molecule has 0 unspecified atom stereocenters. The van der Waals surface area contributed by atoms with E-state index in [1.165, 1.54) is 12.1 Å². The van der Waals surface area contributed by atoms with Crippen LogP contribution in [0, 0.1) is 5.82 Å². The number of carbonyl (C=O) groups excluding carboxylic acids is 2. The first-order valence-electron chi connectivity index (χ1n) is 7.70. The monoisotopic (exact) mass is 316 g/mol. The molecule has 0 fully saturated rings. The van der Waals surface area contributed by atoms with E-state index in [1.807, 2.05) is 24.3 Å². The molecule has 3 heteroatoms. The molecular formula is C21H13FO2. The molecule has 4 rings (SSSR count). The van der Waals surface area contributed by atoms with Gasteiger partial charge in [0.05, 0.1) is 0 Å². The molecule has 3 aromatic carbocycles. The van der Waals surface area contributed by atoms with Crippen LogP contribution >= 0.6 is 0 Å². The molecule has 116 valence electrons. The van der Waals surface area contributed by atoms with Crippen LogP contribution in [0.3, 0.4) is 0 Å². The van der Waals surface area contributed by atoms with Crippen LogP contribution in [0.15, 0.2) is 72.8 Å². The first-order chi connectivity index (χ1) is 11.7. The van der Waals surface area contributed by atoms with Gasteiger partial charge in [0.15, 0.2) is 11.6 Å². The van der Waals surface area contributed by atoms with E-state index < -0.39 is 11.7 Å². The lowest BCUT2D eigenvalue weighted by Crippen LogP contribution is -2.22. The summed E-state index contributed by atoms with van der Waals surface area (Å²) in [5.74, 6) is -2.43. The fourth-order valence-corrected chi connectivity index (χ4v) is 3.29. The smallest absolute Gasteiger partial charge is 0.178 e. The van der Waals surface area contributed by atoms with Gasteiger partial charge in [0.1, 0.15) is 11.7 Å². The first kappa shape index (κ1) is 14.5. The first-order valence-corrected chi connectivity index (χ1v) is 7.70. The number of ketones is 2. The third-order valence-corrected chi connectivity index (χ3v) is 4.42. The highest BCUT2D eigenvalue weighted by Gasteiger charge is 2.37. The van der Waals surface area contributed by atoms with Gasteiger partial charge in [-0.1, -0.05) is 66.7 Å². The van der Waals surface area contributed by atoms with Crippen molar-refractivity contribution in [3.05, 3.63) is 95.3 Å². The van der Waals surface area contributed by atoms with E-state index in [-0.39, 0.29) is 17.1 Å². The van der Waals surface area contributed by atoms with Gasteiger partial charge < -0.3 is 0 Å². The van der Waals surface area contributed by atoms with Crippen LogP contribution in [0.2, 0.25) is 0 Å². The van der Waals surface area contributed by atoms with Gasteiger partial charge in [-0.05, 0) is 17.2 Å². The van der Waals surface area contributed by atoms with E-state index in [2.05, 4.69) is 0 Å². The summed E-state index contributed by atoms with van der Waals surface area (Å²) in [5, 5.41) is 0. The lowest BCUT2D eigenvalue weighted by atomic mass is 9.86. The molecule has 0 spiro atoms. The standard InChI is InChI=1S/C21H13FO2/c22-18-12-6-5-11-17(18)19-20(23)15-9-3-1-7-13(15)14-8-2-4-10-16(14)21(19)24/h1-12,19H. The Morgan fingerprint density at radius 3 is 1.50 bits per heavy atom. The van der Waals surface area contributed by atoms with Gasteiger partial charge >= 0.3 is 0 Å². The Morgan fingerprint density at radius 1 is 0.583 bits per heavy atom. The molecule has 3 aromatic rings. The van der Waals surface area contributed by atoms with Crippen LogP contribution in [0.5, 0.6) is 0 Å². The van der Waals surface area contributed by atoms with Gasteiger partial charge in [0.25, 0.3) is 0 Å². The van der Waals surface area contributed by atoms with Crippen LogP contribution in [0.1, 0.15) is 32.2 Å². The van der Waals surface area contributed by atoms with Gasteiger partial charge in [-0.25, -0.2) is 4.39 Å². The molecule has 0 radical (unpaired) electrons. The minimum atomic E-state index is -1.16. The van der Waals surface area contributed by atoms with E-state index in [4.69, 9.17) is 0 Å². The normalized spacial score (nSPS) is 14.0. The average molecular weight is 316 g/mol. The van der Waals surface area contributed by atoms with Crippen molar-refractivity contribution in [1.82, 2.24) is 0 Å². The third kappa shape index (κ3) is 2.09. The largest absolute Gasteiger partial charge is 0.293 e. The van der Waals surface area contributed by atoms with E-state index in [9.17, 15) is 14.0 Å². The summed E-state index contributed by atoms with van der Waals surface area (Å²) in [5.41, 5.74) is 2.45. The van der Waals surface area contributed by atoms with Crippen LogP contribution in [0.25, 0.3) is 11.1 Å². The molecular weight excluding hydrogens is 303 g/mol. The van der Waals surface area contributed by atoms with Gasteiger partial charge in [-0.3, -0.25) is 9.59 Å². The average Bonchev–Trinajstić information content (AvgIpc) is 2.71. The Labute approximate surface area is 138 Å². The molecule has 1 aliphatic rings. The minimum absolute atomic E-state index is 0.124. The quantitative estimate of drug-likeness (QED) is 0.612. The summed E-state index contributed by atoms with van der Waals surface area (Å²) in [6, 6.07) is 20.2. The van der Waals surface area contributed by atoms with E-state index in [1.54, 1.807) is 36.4 Å². The third-order valence-electron chi connectivity index (χ3n) is 4.42. The number of carbonyl (C=O) groups is 2. The highest BCUT2D eigenvalue weighted by Crippen LogP contribution is 2.38. The second-order valence-electron chi connectivity index (χ2n) is 5.77. The van der Waals surface area contributed by atoms with Gasteiger partial charge in [0, 0.05) is 16.7 Å². The number of Topliss-reactive ketones (excluding diaryl/α,β-unsaturated/α-hetero) is 2. The molecule has 0 bridgehead atoms. The fourth-order valence-electron chi connectivity index (χ4n) is 3.29. The lowest BCUT2D eigenvalue weighted by molar-refractivity contribution is 0.0861. The van der Waals surface area contributed by atoms with Crippen molar-refractivity contribution in [2.75, 3.05) is 0 Å². The predicted octanol–water partition coefficient (Wildman–Crippen LogP) is 4.66. The second-order valence-corrected chi connectivity index (χ2v) is 5.77. The Hall–Kier alpha value is -3.07. The number of rotatable bonds is 1. The summed E-state index contributed by atoms with van der Waals surface area (Å²) in [4.78, 5) is 26.2. The van der Waals surface area contributed by atoms with Crippen molar-refractivity contribution in [2.24, 2.45) is 0 Å². The topological polar surface area (TPSA) is 34.1 Å². The summed E-state index contributed by atoms with van der Waals surface area (Å²) in [6.45, 7) is 0. The van der Waals surface area contributed by atoms with Crippen LogP contribution in [0.4, 0.5) is 4.39 Å². The molecule has 0 amide bonds. The molecule has 0 N–H and O–H groups in total. The second kappa shape index (κ2) is 5.53. The van der Waals surface area contributed by atoms with Crippen molar-refractivity contribution in [3.63, 3.8) is 0 Å². The summed E-state index contributed by atoms with van der Waals surface area (Å²) in [6.07, 6.45) is 0. The van der Waals surface area contributed by atoms with Crippen molar-refractivity contribution in [1.29, 1.82) is 0 Å². The van der Waals surface area contributed by atoms with E-state index in [0.29, 0.717) is 22.3 Å². The maximum absolute atomic E-state index is 14.3. The number of hydrogen-bond donors (Lipinski definition) is 0.